The third kappa shape index (κ3) is 5.41. The number of hydrogen-bond acceptors (Lipinski definition) is 6. The molecule has 156 valence electrons. The highest BCUT2D eigenvalue weighted by atomic mass is 35.5. The molecule has 1 aromatic heterocycles. The predicted molar refractivity (Wildman–Crippen MR) is 121 cm³/mol. The van der Waals surface area contributed by atoms with Gasteiger partial charge in [-0.3, -0.25) is 4.79 Å². The van der Waals surface area contributed by atoms with Crippen molar-refractivity contribution in [2.45, 2.75) is 11.4 Å². The van der Waals surface area contributed by atoms with Crippen molar-refractivity contribution >= 4 is 46.1 Å². The number of ether oxygens (including phenoxy) is 1. The molecular formula is C22H23ClN4O2S. The molecule has 3 aromatic rings. The third-order valence-corrected chi connectivity index (χ3v) is 6.03. The van der Waals surface area contributed by atoms with Gasteiger partial charge in [0.15, 0.2) is 5.82 Å². The van der Waals surface area contributed by atoms with E-state index in [2.05, 4.69) is 10.2 Å². The second kappa shape index (κ2) is 10.1. The first-order valence-corrected chi connectivity index (χ1v) is 11.3. The maximum Gasteiger partial charge on any atom is 0.230 e. The molecule has 0 aliphatic carbocycles. The summed E-state index contributed by atoms with van der Waals surface area (Å²) in [5.41, 5.74) is 2.83. The summed E-state index contributed by atoms with van der Waals surface area (Å²) in [6.45, 7) is 3.47. The van der Waals surface area contributed by atoms with E-state index in [9.17, 15) is 4.79 Å². The predicted octanol–water partition coefficient (Wildman–Crippen LogP) is 3.57. The number of fused-ring (bicyclic) bond motifs is 1. The van der Waals surface area contributed by atoms with E-state index in [1.165, 1.54) is 11.8 Å². The molecule has 0 radical (unpaired) electrons. The summed E-state index contributed by atoms with van der Waals surface area (Å²) in [4.78, 5) is 24.2. The van der Waals surface area contributed by atoms with E-state index in [-0.39, 0.29) is 5.91 Å². The first kappa shape index (κ1) is 20.9. The lowest BCUT2D eigenvalue weighted by molar-refractivity contribution is -0.118. The zero-order valence-electron chi connectivity index (χ0n) is 16.5. The molecule has 1 saturated heterocycles. The van der Waals surface area contributed by atoms with Gasteiger partial charge in [-0.15, -0.1) is 0 Å². The molecule has 2 aromatic carbocycles. The van der Waals surface area contributed by atoms with Crippen LogP contribution in [0.3, 0.4) is 0 Å². The Hall–Kier alpha value is -2.35. The van der Waals surface area contributed by atoms with Gasteiger partial charge in [0.05, 0.1) is 30.0 Å². The Kier molecular flexibility index (Phi) is 7.04. The molecule has 8 heteroatoms. The van der Waals surface area contributed by atoms with Crippen LogP contribution in [0.4, 0.5) is 5.82 Å². The molecule has 0 atom stereocenters. The lowest BCUT2D eigenvalue weighted by Crippen LogP contribution is -2.37. The highest BCUT2D eigenvalue weighted by molar-refractivity contribution is 8.00. The maximum atomic E-state index is 12.4. The molecule has 1 aliphatic rings. The minimum atomic E-state index is -0.0168. The van der Waals surface area contributed by atoms with Crippen LogP contribution in [0, 0.1) is 0 Å². The van der Waals surface area contributed by atoms with Gasteiger partial charge in [0.2, 0.25) is 5.91 Å². The molecule has 6 nitrogen and oxygen atoms in total. The summed E-state index contributed by atoms with van der Waals surface area (Å²) in [7, 11) is 0. The van der Waals surface area contributed by atoms with E-state index in [1.807, 2.05) is 48.5 Å². The SMILES string of the molecule is O=C(CSc1nc2ccccc2nc1N1CCOCC1)NCCc1ccc(Cl)cc1. The number of hydrogen-bond donors (Lipinski definition) is 1. The van der Waals surface area contributed by atoms with Crippen LogP contribution in [0.15, 0.2) is 53.6 Å². The lowest BCUT2D eigenvalue weighted by atomic mass is 10.1. The van der Waals surface area contributed by atoms with Gasteiger partial charge < -0.3 is 15.0 Å². The zero-order chi connectivity index (χ0) is 20.8. The van der Waals surface area contributed by atoms with Crippen LogP contribution in [0.25, 0.3) is 11.0 Å². The van der Waals surface area contributed by atoms with E-state index in [4.69, 9.17) is 26.3 Å². The molecule has 0 unspecified atom stereocenters. The fourth-order valence-corrected chi connectivity index (χ4v) is 4.20. The number of nitrogens with zero attached hydrogens (tertiary/aromatic N) is 3. The Morgan fingerprint density at radius 2 is 1.77 bits per heavy atom. The van der Waals surface area contributed by atoms with Crippen molar-refractivity contribution in [1.29, 1.82) is 0 Å². The number of carbonyl (C=O) groups excluding carboxylic acids is 1. The highest BCUT2D eigenvalue weighted by Gasteiger charge is 2.19. The molecule has 1 fully saturated rings. The minimum Gasteiger partial charge on any atom is -0.378 e. The largest absolute Gasteiger partial charge is 0.378 e. The van der Waals surface area contributed by atoms with Crippen LogP contribution >= 0.6 is 23.4 Å². The van der Waals surface area contributed by atoms with Crippen LogP contribution in [0.1, 0.15) is 5.56 Å². The Bertz CT molecular complexity index is 1010. The van der Waals surface area contributed by atoms with Crippen molar-refractivity contribution in [3.8, 4) is 0 Å². The van der Waals surface area contributed by atoms with Crippen molar-refractivity contribution in [2.24, 2.45) is 0 Å². The molecule has 1 aliphatic heterocycles. The second-order valence-corrected chi connectivity index (χ2v) is 8.36. The number of thioether (sulfide) groups is 1. The summed E-state index contributed by atoms with van der Waals surface area (Å²) in [6, 6.07) is 15.5. The number of para-hydroxylation sites is 2. The summed E-state index contributed by atoms with van der Waals surface area (Å²) in [5.74, 6) is 1.11. The van der Waals surface area contributed by atoms with Gasteiger partial charge in [-0.25, -0.2) is 9.97 Å². The van der Waals surface area contributed by atoms with Gasteiger partial charge in [-0.05, 0) is 36.2 Å². The molecule has 4 rings (SSSR count). The van der Waals surface area contributed by atoms with Crippen molar-refractivity contribution in [2.75, 3.05) is 43.5 Å². The Labute approximate surface area is 185 Å². The molecule has 30 heavy (non-hydrogen) atoms. The quantitative estimate of drug-likeness (QED) is 0.564. The van der Waals surface area contributed by atoms with E-state index in [1.54, 1.807) is 0 Å². The first-order chi connectivity index (χ1) is 14.7. The Morgan fingerprint density at radius 1 is 1.07 bits per heavy atom. The number of amides is 1. The summed E-state index contributed by atoms with van der Waals surface area (Å²) >= 11 is 7.33. The summed E-state index contributed by atoms with van der Waals surface area (Å²) in [6.07, 6.45) is 0.766. The fourth-order valence-electron chi connectivity index (χ4n) is 3.23. The highest BCUT2D eigenvalue weighted by Crippen LogP contribution is 2.29. The number of rotatable bonds is 7. The van der Waals surface area contributed by atoms with Gasteiger partial charge in [0.25, 0.3) is 0 Å². The van der Waals surface area contributed by atoms with Crippen molar-refractivity contribution in [3.05, 3.63) is 59.1 Å². The zero-order valence-corrected chi connectivity index (χ0v) is 18.1. The van der Waals surface area contributed by atoms with Gasteiger partial charge in [-0.1, -0.05) is 47.6 Å². The molecule has 2 heterocycles. The standard InChI is InChI=1S/C22H23ClN4O2S/c23-17-7-5-16(6-8-17)9-10-24-20(28)15-30-22-21(27-11-13-29-14-12-27)25-18-3-1-2-4-19(18)26-22/h1-8H,9-15H2,(H,24,28). The van der Waals surface area contributed by atoms with Crippen LogP contribution in [0.2, 0.25) is 5.02 Å². The van der Waals surface area contributed by atoms with Crippen LogP contribution in [0.5, 0.6) is 0 Å². The van der Waals surface area contributed by atoms with E-state index < -0.39 is 0 Å². The normalized spacial score (nSPS) is 14.1. The molecule has 0 spiro atoms. The molecule has 0 bridgehead atoms. The van der Waals surface area contributed by atoms with E-state index >= 15 is 0 Å². The number of carbonyl (C=O) groups is 1. The Balaban J connectivity index is 1.39. The lowest BCUT2D eigenvalue weighted by Gasteiger charge is -2.29. The van der Waals surface area contributed by atoms with Crippen LogP contribution < -0.4 is 10.2 Å². The Morgan fingerprint density at radius 3 is 2.50 bits per heavy atom. The average Bonchev–Trinajstić information content (AvgIpc) is 2.79. The van der Waals surface area contributed by atoms with Crippen molar-refractivity contribution < 1.29 is 9.53 Å². The van der Waals surface area contributed by atoms with Gasteiger partial charge in [0.1, 0.15) is 5.03 Å². The van der Waals surface area contributed by atoms with Gasteiger partial charge in [-0.2, -0.15) is 0 Å². The molecule has 1 N–H and O–H groups in total. The number of halogens is 1. The maximum absolute atomic E-state index is 12.4. The van der Waals surface area contributed by atoms with Gasteiger partial charge in [0, 0.05) is 24.7 Å². The van der Waals surface area contributed by atoms with Crippen LogP contribution in [-0.4, -0.2) is 54.5 Å². The number of benzene rings is 2. The number of nitrogens with one attached hydrogen (secondary N) is 1. The molecule has 0 saturated carbocycles. The third-order valence-electron chi connectivity index (χ3n) is 4.82. The van der Waals surface area contributed by atoms with Crippen LogP contribution in [-0.2, 0) is 16.0 Å². The topological polar surface area (TPSA) is 67.4 Å². The molecule has 1 amide bonds. The monoisotopic (exact) mass is 442 g/mol. The summed E-state index contributed by atoms with van der Waals surface area (Å²) < 4.78 is 5.47. The van der Waals surface area contributed by atoms with Gasteiger partial charge >= 0.3 is 0 Å². The first-order valence-electron chi connectivity index (χ1n) is 9.92. The van der Waals surface area contributed by atoms with E-state index in [0.717, 1.165) is 47.0 Å². The second-order valence-electron chi connectivity index (χ2n) is 6.96. The minimum absolute atomic E-state index is 0.0168. The smallest absolute Gasteiger partial charge is 0.230 e. The number of morpholine rings is 1. The average molecular weight is 443 g/mol. The number of anilines is 1. The van der Waals surface area contributed by atoms with Crippen molar-refractivity contribution in [3.63, 3.8) is 0 Å². The fraction of sp³-hybridized carbons (Fsp3) is 0.318. The summed E-state index contributed by atoms with van der Waals surface area (Å²) in [5, 5.41) is 4.47. The van der Waals surface area contributed by atoms with Crippen molar-refractivity contribution in [1.82, 2.24) is 15.3 Å². The molecular weight excluding hydrogens is 420 g/mol. The number of aromatic nitrogens is 2. The van der Waals surface area contributed by atoms with E-state index in [0.29, 0.717) is 30.5 Å².